The molecule has 1 heterocycles. The molecule has 1 aliphatic rings. The van der Waals surface area contributed by atoms with Gasteiger partial charge in [-0.25, -0.2) is 0 Å². The lowest BCUT2D eigenvalue weighted by atomic mass is 9.98. The molecule has 0 aliphatic carbocycles. The number of nitrogens with one attached hydrogen (secondary N) is 1. The fraction of sp³-hybridized carbons (Fsp3) is 0.625. The molecule has 4 heteroatoms. The molecule has 2 rings (SSSR count). The van der Waals surface area contributed by atoms with Crippen molar-refractivity contribution in [2.45, 2.75) is 51.7 Å². The Morgan fingerprint density at radius 2 is 2.05 bits per heavy atom. The molecule has 0 spiro atoms. The van der Waals surface area contributed by atoms with Crippen molar-refractivity contribution in [3.8, 4) is 11.5 Å². The first-order chi connectivity index (χ1) is 9.56. The third-order valence-corrected chi connectivity index (χ3v) is 4.47. The zero-order valence-corrected chi connectivity index (χ0v) is 12.6. The van der Waals surface area contributed by atoms with E-state index in [9.17, 15) is 10.2 Å². The van der Waals surface area contributed by atoms with Crippen molar-refractivity contribution in [3.63, 3.8) is 0 Å². The minimum Gasteiger partial charge on any atom is -0.508 e. The third-order valence-electron chi connectivity index (χ3n) is 4.47. The maximum Gasteiger partial charge on any atom is 0.124 e. The molecule has 0 radical (unpaired) electrons. The molecule has 1 aromatic carbocycles. The highest BCUT2D eigenvalue weighted by molar-refractivity contribution is 5.40. The van der Waals surface area contributed by atoms with Gasteiger partial charge < -0.3 is 15.5 Å². The van der Waals surface area contributed by atoms with Crippen LogP contribution in [0.2, 0.25) is 0 Å². The van der Waals surface area contributed by atoms with Crippen LogP contribution in [-0.2, 0) is 0 Å². The molecule has 20 heavy (non-hydrogen) atoms. The number of rotatable bonds is 4. The van der Waals surface area contributed by atoms with Gasteiger partial charge in [0, 0.05) is 42.8 Å². The van der Waals surface area contributed by atoms with E-state index in [1.807, 2.05) is 6.07 Å². The summed E-state index contributed by atoms with van der Waals surface area (Å²) in [6.07, 6.45) is 2.20. The maximum absolute atomic E-state index is 10.1. The summed E-state index contributed by atoms with van der Waals surface area (Å²) in [6, 6.07) is 6.04. The summed E-state index contributed by atoms with van der Waals surface area (Å²) in [4.78, 5) is 2.47. The molecular formula is C16H26N2O2. The number of hydrogen-bond acceptors (Lipinski definition) is 4. The van der Waals surface area contributed by atoms with Crippen LogP contribution in [0.25, 0.3) is 0 Å². The van der Waals surface area contributed by atoms with Crippen molar-refractivity contribution in [2.75, 3.05) is 13.1 Å². The monoisotopic (exact) mass is 278 g/mol. The van der Waals surface area contributed by atoms with Crippen LogP contribution in [-0.4, -0.2) is 40.3 Å². The summed E-state index contributed by atoms with van der Waals surface area (Å²) in [5.74, 6) is 0.288. The van der Waals surface area contributed by atoms with Crippen LogP contribution in [0.1, 0.15) is 45.2 Å². The average molecular weight is 278 g/mol. The number of nitrogens with zero attached hydrogens (tertiary/aromatic N) is 1. The normalized spacial score (nSPS) is 25.6. The van der Waals surface area contributed by atoms with Crippen LogP contribution in [0.15, 0.2) is 18.2 Å². The molecule has 1 aromatic rings. The summed E-state index contributed by atoms with van der Waals surface area (Å²) < 4.78 is 0. The summed E-state index contributed by atoms with van der Waals surface area (Å²) in [5, 5.41) is 23.1. The van der Waals surface area contributed by atoms with Gasteiger partial charge in [-0.05, 0) is 25.8 Å². The first-order valence-corrected chi connectivity index (χ1v) is 7.57. The fourth-order valence-electron chi connectivity index (χ4n) is 3.08. The van der Waals surface area contributed by atoms with Crippen molar-refractivity contribution in [2.24, 2.45) is 0 Å². The van der Waals surface area contributed by atoms with Crippen molar-refractivity contribution < 1.29 is 10.2 Å². The second-order valence-corrected chi connectivity index (χ2v) is 5.69. The Morgan fingerprint density at radius 1 is 1.30 bits per heavy atom. The predicted molar refractivity (Wildman–Crippen MR) is 81.1 cm³/mol. The lowest BCUT2D eigenvalue weighted by molar-refractivity contribution is 0.0838. The SMILES string of the molecule is CCC1CN(C(C)c2ccc(O)cc2O)C(CC)CN1. The van der Waals surface area contributed by atoms with Crippen LogP contribution in [0.4, 0.5) is 0 Å². The van der Waals surface area contributed by atoms with E-state index in [0.717, 1.165) is 31.5 Å². The lowest BCUT2D eigenvalue weighted by Gasteiger charge is -2.43. The lowest BCUT2D eigenvalue weighted by Crippen LogP contribution is -2.56. The van der Waals surface area contributed by atoms with Gasteiger partial charge in [0.2, 0.25) is 0 Å². The summed E-state index contributed by atoms with van der Waals surface area (Å²) in [5.41, 5.74) is 0.887. The maximum atomic E-state index is 10.1. The molecule has 1 saturated heterocycles. The summed E-state index contributed by atoms with van der Waals surface area (Å²) >= 11 is 0. The van der Waals surface area contributed by atoms with Crippen LogP contribution in [0.3, 0.4) is 0 Å². The van der Waals surface area contributed by atoms with Crippen molar-refractivity contribution in [1.82, 2.24) is 10.2 Å². The Labute approximate surface area is 121 Å². The van der Waals surface area contributed by atoms with E-state index in [1.165, 1.54) is 6.07 Å². The molecule has 3 atom stereocenters. The van der Waals surface area contributed by atoms with Crippen LogP contribution >= 0.6 is 0 Å². The third kappa shape index (κ3) is 3.07. The van der Waals surface area contributed by atoms with Gasteiger partial charge in [-0.15, -0.1) is 0 Å². The molecule has 1 aliphatic heterocycles. The van der Waals surface area contributed by atoms with Gasteiger partial charge in [-0.1, -0.05) is 19.9 Å². The number of benzene rings is 1. The Bertz CT molecular complexity index is 450. The van der Waals surface area contributed by atoms with Gasteiger partial charge in [0.15, 0.2) is 0 Å². The number of aromatic hydroxyl groups is 2. The average Bonchev–Trinajstić information content (AvgIpc) is 2.46. The summed E-state index contributed by atoms with van der Waals surface area (Å²) in [6.45, 7) is 8.53. The van der Waals surface area contributed by atoms with Gasteiger partial charge in [0.25, 0.3) is 0 Å². The highest BCUT2D eigenvalue weighted by Gasteiger charge is 2.30. The molecule has 0 aromatic heterocycles. The van der Waals surface area contributed by atoms with Crippen LogP contribution < -0.4 is 5.32 Å². The van der Waals surface area contributed by atoms with Crippen LogP contribution in [0, 0.1) is 0 Å². The Morgan fingerprint density at radius 3 is 2.65 bits per heavy atom. The van der Waals surface area contributed by atoms with E-state index in [0.29, 0.717) is 12.1 Å². The second kappa shape index (κ2) is 6.46. The standard InChI is InChI=1S/C16H26N2O2/c1-4-12-10-18(13(5-2)9-17-12)11(3)15-7-6-14(19)8-16(15)20/h6-8,11-13,17,19-20H,4-5,9-10H2,1-3H3. The predicted octanol–water partition coefficient (Wildman–Crippen LogP) is 2.62. The quantitative estimate of drug-likeness (QED) is 0.792. The zero-order chi connectivity index (χ0) is 14.7. The topological polar surface area (TPSA) is 55.7 Å². The van der Waals surface area contributed by atoms with Gasteiger partial charge in [0.1, 0.15) is 11.5 Å². The molecule has 1 fully saturated rings. The van der Waals surface area contributed by atoms with E-state index in [-0.39, 0.29) is 17.5 Å². The minimum atomic E-state index is 0.109. The van der Waals surface area contributed by atoms with Gasteiger partial charge in [-0.3, -0.25) is 4.90 Å². The molecule has 3 unspecified atom stereocenters. The Balaban J connectivity index is 2.21. The Kier molecular flexibility index (Phi) is 4.89. The first-order valence-electron chi connectivity index (χ1n) is 7.57. The number of piperazine rings is 1. The largest absolute Gasteiger partial charge is 0.508 e. The smallest absolute Gasteiger partial charge is 0.124 e. The molecule has 0 bridgehead atoms. The number of phenols is 2. The fourth-order valence-corrected chi connectivity index (χ4v) is 3.08. The van der Waals surface area contributed by atoms with Gasteiger partial charge in [0.05, 0.1) is 0 Å². The van der Waals surface area contributed by atoms with Crippen molar-refractivity contribution >= 4 is 0 Å². The van der Waals surface area contributed by atoms with E-state index < -0.39 is 0 Å². The molecular weight excluding hydrogens is 252 g/mol. The minimum absolute atomic E-state index is 0.109. The zero-order valence-electron chi connectivity index (χ0n) is 12.6. The van der Waals surface area contributed by atoms with E-state index in [4.69, 9.17) is 0 Å². The molecule has 0 saturated carbocycles. The van der Waals surface area contributed by atoms with Gasteiger partial charge in [-0.2, -0.15) is 0 Å². The number of phenolic OH excluding ortho intramolecular Hbond substituents is 2. The molecule has 0 amide bonds. The second-order valence-electron chi connectivity index (χ2n) is 5.69. The summed E-state index contributed by atoms with van der Waals surface area (Å²) in [7, 11) is 0. The molecule has 3 N–H and O–H groups in total. The first kappa shape index (κ1) is 15.1. The van der Waals surface area contributed by atoms with Crippen molar-refractivity contribution in [3.05, 3.63) is 23.8 Å². The van der Waals surface area contributed by atoms with Gasteiger partial charge >= 0.3 is 0 Å². The van der Waals surface area contributed by atoms with E-state index in [2.05, 4.69) is 31.0 Å². The highest BCUT2D eigenvalue weighted by Crippen LogP contribution is 2.33. The molecule has 112 valence electrons. The van der Waals surface area contributed by atoms with E-state index >= 15 is 0 Å². The molecule has 4 nitrogen and oxygen atoms in total. The van der Waals surface area contributed by atoms with E-state index in [1.54, 1.807) is 6.07 Å². The highest BCUT2D eigenvalue weighted by atomic mass is 16.3. The van der Waals surface area contributed by atoms with Crippen LogP contribution in [0.5, 0.6) is 11.5 Å². The number of hydrogen-bond donors (Lipinski definition) is 3. The Hall–Kier alpha value is -1.26. The van der Waals surface area contributed by atoms with Crippen molar-refractivity contribution in [1.29, 1.82) is 0 Å².